The van der Waals surface area contributed by atoms with Crippen molar-refractivity contribution in [2.75, 3.05) is 6.54 Å². The average Bonchev–Trinajstić information content (AvgIpc) is 2.29. The van der Waals surface area contributed by atoms with Crippen molar-refractivity contribution in [1.29, 1.82) is 0 Å². The quantitative estimate of drug-likeness (QED) is 0.619. The van der Waals surface area contributed by atoms with Crippen molar-refractivity contribution in [3.8, 4) is 0 Å². The molecule has 0 fully saturated rings. The van der Waals surface area contributed by atoms with Crippen molar-refractivity contribution >= 4 is 0 Å². The SMILES string of the molecule is CCCCC(N)CNC(CC)(CC)CC. The van der Waals surface area contributed by atoms with Crippen molar-refractivity contribution < 1.29 is 0 Å². The van der Waals surface area contributed by atoms with Gasteiger partial charge in [-0.3, -0.25) is 0 Å². The molecule has 0 radical (unpaired) electrons. The molecule has 0 heterocycles. The van der Waals surface area contributed by atoms with Gasteiger partial charge < -0.3 is 11.1 Å². The van der Waals surface area contributed by atoms with Crippen LogP contribution in [0.25, 0.3) is 0 Å². The zero-order valence-electron chi connectivity index (χ0n) is 11.1. The predicted octanol–water partition coefficient (Wildman–Crippen LogP) is 3.06. The fourth-order valence-electron chi connectivity index (χ4n) is 2.04. The van der Waals surface area contributed by atoms with Crippen LogP contribution in [0.5, 0.6) is 0 Å². The molecule has 0 saturated carbocycles. The molecule has 0 aliphatic carbocycles. The molecule has 2 nitrogen and oxygen atoms in total. The summed E-state index contributed by atoms with van der Waals surface area (Å²) in [6, 6.07) is 0.328. The third-order valence-electron chi connectivity index (χ3n) is 3.70. The largest absolute Gasteiger partial charge is 0.327 e. The van der Waals surface area contributed by atoms with E-state index < -0.39 is 0 Å². The first-order chi connectivity index (χ1) is 7.14. The van der Waals surface area contributed by atoms with Crippen molar-refractivity contribution in [1.82, 2.24) is 5.32 Å². The first-order valence-electron chi connectivity index (χ1n) is 6.64. The van der Waals surface area contributed by atoms with Crippen LogP contribution in [0.4, 0.5) is 0 Å². The molecule has 0 bridgehead atoms. The summed E-state index contributed by atoms with van der Waals surface area (Å²) in [6.45, 7) is 9.97. The summed E-state index contributed by atoms with van der Waals surface area (Å²) in [5.41, 5.74) is 6.39. The Morgan fingerprint density at radius 3 is 2.00 bits per heavy atom. The summed E-state index contributed by atoms with van der Waals surface area (Å²) in [7, 11) is 0. The van der Waals surface area contributed by atoms with Gasteiger partial charge in [-0.1, -0.05) is 40.5 Å². The van der Waals surface area contributed by atoms with Gasteiger partial charge in [0.25, 0.3) is 0 Å². The molecule has 0 aromatic carbocycles. The molecular weight excluding hydrogens is 184 g/mol. The van der Waals surface area contributed by atoms with Crippen molar-refractivity contribution in [3.63, 3.8) is 0 Å². The van der Waals surface area contributed by atoms with E-state index in [1.807, 2.05) is 0 Å². The Morgan fingerprint density at radius 2 is 1.60 bits per heavy atom. The molecule has 0 aliphatic rings. The third-order valence-corrected chi connectivity index (χ3v) is 3.70. The van der Waals surface area contributed by atoms with Crippen molar-refractivity contribution in [2.45, 2.75) is 77.8 Å². The molecule has 0 aromatic heterocycles. The molecule has 0 aliphatic heterocycles. The molecule has 92 valence electrons. The molecular formula is C13H30N2. The topological polar surface area (TPSA) is 38.0 Å². The van der Waals surface area contributed by atoms with Gasteiger partial charge in [-0.2, -0.15) is 0 Å². The van der Waals surface area contributed by atoms with E-state index in [0.717, 1.165) is 13.0 Å². The summed E-state index contributed by atoms with van der Waals surface area (Å²) in [6.07, 6.45) is 7.23. The van der Waals surface area contributed by atoms with Crippen LogP contribution in [0.2, 0.25) is 0 Å². The summed E-state index contributed by atoms with van der Waals surface area (Å²) in [4.78, 5) is 0. The Bertz CT molecular complexity index is 133. The molecule has 0 spiro atoms. The van der Waals surface area contributed by atoms with Gasteiger partial charge in [0, 0.05) is 18.1 Å². The van der Waals surface area contributed by atoms with Crippen LogP contribution in [0.15, 0.2) is 0 Å². The van der Waals surface area contributed by atoms with Gasteiger partial charge in [0.15, 0.2) is 0 Å². The third kappa shape index (κ3) is 5.53. The highest BCUT2D eigenvalue weighted by atomic mass is 15.0. The Morgan fingerprint density at radius 1 is 1.07 bits per heavy atom. The lowest BCUT2D eigenvalue weighted by Gasteiger charge is -2.33. The van der Waals surface area contributed by atoms with Gasteiger partial charge >= 0.3 is 0 Å². The van der Waals surface area contributed by atoms with Gasteiger partial charge in [0.2, 0.25) is 0 Å². The summed E-state index contributed by atoms with van der Waals surface area (Å²) < 4.78 is 0. The monoisotopic (exact) mass is 214 g/mol. The second-order valence-corrected chi connectivity index (χ2v) is 4.62. The number of nitrogens with two attached hydrogens (primary N) is 1. The number of hydrogen-bond acceptors (Lipinski definition) is 2. The predicted molar refractivity (Wildman–Crippen MR) is 69.1 cm³/mol. The van der Waals surface area contributed by atoms with E-state index >= 15 is 0 Å². The van der Waals surface area contributed by atoms with E-state index in [1.54, 1.807) is 0 Å². The highest BCUT2D eigenvalue weighted by Gasteiger charge is 2.23. The zero-order chi connectivity index (χ0) is 11.7. The van der Waals surface area contributed by atoms with Gasteiger partial charge in [0.05, 0.1) is 0 Å². The fourth-order valence-corrected chi connectivity index (χ4v) is 2.04. The van der Waals surface area contributed by atoms with Crippen LogP contribution < -0.4 is 11.1 Å². The second-order valence-electron chi connectivity index (χ2n) is 4.62. The smallest absolute Gasteiger partial charge is 0.0174 e. The zero-order valence-corrected chi connectivity index (χ0v) is 11.1. The Balaban J connectivity index is 3.88. The normalized spacial score (nSPS) is 14.2. The lowest BCUT2D eigenvalue weighted by atomic mass is 9.89. The minimum atomic E-state index is 0.323. The summed E-state index contributed by atoms with van der Waals surface area (Å²) in [5.74, 6) is 0. The van der Waals surface area contributed by atoms with Crippen LogP contribution in [0.3, 0.4) is 0 Å². The Kier molecular flexibility index (Phi) is 8.07. The molecule has 0 saturated heterocycles. The Labute approximate surface area is 96.0 Å². The van der Waals surface area contributed by atoms with Crippen molar-refractivity contribution in [2.24, 2.45) is 5.73 Å². The van der Waals surface area contributed by atoms with E-state index in [9.17, 15) is 0 Å². The van der Waals surface area contributed by atoms with E-state index in [-0.39, 0.29) is 0 Å². The lowest BCUT2D eigenvalue weighted by Crippen LogP contribution is -2.48. The molecule has 0 aromatic rings. The maximum atomic E-state index is 6.07. The van der Waals surface area contributed by atoms with E-state index in [2.05, 4.69) is 33.0 Å². The first kappa shape index (κ1) is 14.9. The van der Waals surface area contributed by atoms with Crippen LogP contribution >= 0.6 is 0 Å². The molecule has 1 atom stereocenters. The van der Waals surface area contributed by atoms with Gasteiger partial charge in [-0.25, -0.2) is 0 Å². The van der Waals surface area contributed by atoms with Crippen LogP contribution in [-0.2, 0) is 0 Å². The maximum absolute atomic E-state index is 6.07. The second kappa shape index (κ2) is 8.12. The fraction of sp³-hybridized carbons (Fsp3) is 1.00. The van der Waals surface area contributed by atoms with Gasteiger partial charge in [-0.05, 0) is 25.7 Å². The number of nitrogens with one attached hydrogen (secondary N) is 1. The number of hydrogen-bond donors (Lipinski definition) is 2. The molecule has 0 amide bonds. The van der Waals surface area contributed by atoms with E-state index in [1.165, 1.54) is 32.1 Å². The van der Waals surface area contributed by atoms with Crippen LogP contribution in [0, 0.1) is 0 Å². The van der Waals surface area contributed by atoms with Crippen LogP contribution in [-0.4, -0.2) is 18.1 Å². The van der Waals surface area contributed by atoms with E-state index in [0.29, 0.717) is 11.6 Å². The molecule has 0 rings (SSSR count). The molecule has 1 unspecified atom stereocenters. The van der Waals surface area contributed by atoms with E-state index in [4.69, 9.17) is 5.73 Å². The summed E-state index contributed by atoms with van der Waals surface area (Å²) >= 11 is 0. The van der Waals surface area contributed by atoms with Gasteiger partial charge in [0.1, 0.15) is 0 Å². The molecule has 15 heavy (non-hydrogen) atoms. The lowest BCUT2D eigenvalue weighted by molar-refractivity contribution is 0.280. The summed E-state index contributed by atoms with van der Waals surface area (Å²) in [5, 5.41) is 3.67. The number of rotatable bonds is 9. The maximum Gasteiger partial charge on any atom is 0.0174 e. The Hall–Kier alpha value is -0.0800. The minimum absolute atomic E-state index is 0.323. The minimum Gasteiger partial charge on any atom is -0.327 e. The molecule has 2 heteroatoms. The van der Waals surface area contributed by atoms with Crippen molar-refractivity contribution in [3.05, 3.63) is 0 Å². The first-order valence-corrected chi connectivity index (χ1v) is 6.64. The highest BCUT2D eigenvalue weighted by molar-refractivity contribution is 4.85. The number of unbranched alkanes of at least 4 members (excludes halogenated alkanes) is 1. The van der Waals surface area contributed by atoms with Gasteiger partial charge in [-0.15, -0.1) is 0 Å². The molecule has 3 N–H and O–H groups in total. The average molecular weight is 214 g/mol. The standard InChI is InChI=1S/C13H30N2/c1-5-9-10-12(14)11-15-13(6-2,7-3)8-4/h12,15H,5-11,14H2,1-4H3. The van der Waals surface area contributed by atoms with Crippen LogP contribution in [0.1, 0.15) is 66.2 Å². The highest BCUT2D eigenvalue weighted by Crippen LogP contribution is 2.19.